The first-order valence-corrected chi connectivity index (χ1v) is 11.5. The molecule has 0 radical (unpaired) electrons. The molecule has 33 heavy (non-hydrogen) atoms. The van der Waals surface area contributed by atoms with Crippen LogP contribution in [0.3, 0.4) is 0 Å². The lowest BCUT2D eigenvalue weighted by Crippen LogP contribution is -2.47. The number of ether oxygens (including phenoxy) is 3. The summed E-state index contributed by atoms with van der Waals surface area (Å²) in [6, 6.07) is 6.35. The highest BCUT2D eigenvalue weighted by Gasteiger charge is 2.36. The van der Waals surface area contributed by atoms with Gasteiger partial charge in [0.05, 0.1) is 48.6 Å². The number of methoxy groups -OCH3 is 3. The summed E-state index contributed by atoms with van der Waals surface area (Å²) in [7, 11) is -0.172. The van der Waals surface area contributed by atoms with Crippen molar-refractivity contribution in [2.24, 2.45) is 0 Å². The zero-order valence-electron chi connectivity index (χ0n) is 17.8. The van der Waals surface area contributed by atoms with Crippen LogP contribution in [0.15, 0.2) is 52.6 Å². The summed E-state index contributed by atoms with van der Waals surface area (Å²) in [6.07, 6.45) is 0. The molecule has 1 unspecified atom stereocenters. The van der Waals surface area contributed by atoms with Gasteiger partial charge < -0.3 is 30.0 Å². The molecule has 0 bridgehead atoms. The molecule has 0 fully saturated rings. The fraction of sp³-hybridized carbons (Fsp3) is 0.238. The van der Waals surface area contributed by atoms with Gasteiger partial charge in [-0.3, -0.25) is 0 Å². The molecule has 0 aromatic heterocycles. The van der Waals surface area contributed by atoms with E-state index in [9.17, 15) is 23.1 Å². The molecule has 12 heteroatoms. The van der Waals surface area contributed by atoms with Gasteiger partial charge in [0.25, 0.3) is 0 Å². The Bertz CT molecular complexity index is 1240. The molecule has 1 aliphatic rings. The van der Waals surface area contributed by atoms with Crippen molar-refractivity contribution in [2.75, 3.05) is 27.1 Å². The maximum absolute atomic E-state index is 13.1. The van der Waals surface area contributed by atoms with Gasteiger partial charge in [-0.1, -0.05) is 17.7 Å². The van der Waals surface area contributed by atoms with Crippen LogP contribution in [-0.2, 0) is 19.4 Å². The van der Waals surface area contributed by atoms with E-state index in [0.717, 1.165) is 7.11 Å². The summed E-state index contributed by atoms with van der Waals surface area (Å²) in [5.74, 6) is -1.31. The van der Waals surface area contributed by atoms with Crippen molar-refractivity contribution >= 4 is 33.4 Å². The number of phenolic OH excluding ortho intramolecular Hbond substituents is 1. The molecule has 2 aromatic rings. The lowest BCUT2D eigenvalue weighted by atomic mass is 9.95. The first kappa shape index (κ1) is 24.2. The van der Waals surface area contributed by atoms with E-state index >= 15 is 0 Å². The second-order valence-electron chi connectivity index (χ2n) is 6.90. The van der Waals surface area contributed by atoms with Crippen molar-refractivity contribution < 1.29 is 37.3 Å². The van der Waals surface area contributed by atoms with Gasteiger partial charge in [-0.05, 0) is 35.9 Å². The summed E-state index contributed by atoms with van der Waals surface area (Å²) in [5, 5.41) is 14.9. The number of phenols is 1. The average Bonchev–Trinajstić information content (AvgIpc) is 2.78. The van der Waals surface area contributed by atoms with E-state index in [2.05, 4.69) is 10.6 Å². The summed E-state index contributed by atoms with van der Waals surface area (Å²) in [4.78, 5) is 24.9. The number of esters is 1. The summed E-state index contributed by atoms with van der Waals surface area (Å²) in [6.45, 7) is 0. The fourth-order valence-electron chi connectivity index (χ4n) is 3.32. The van der Waals surface area contributed by atoms with E-state index in [4.69, 9.17) is 25.8 Å². The standard InChI is InChI=1S/C21H21ClN2O8S/c1-30-16-7-5-12(9-13(16)22)33(28,29)10-14-18(20(26)32-3)19(24-21(27)23-14)11-4-6-15(25)17(8-11)31-2/h4-9,19,25H,10H2,1-3H3,(H2,23,24,27). The number of sulfone groups is 1. The Morgan fingerprint density at radius 2 is 1.79 bits per heavy atom. The van der Waals surface area contributed by atoms with Crippen LogP contribution < -0.4 is 20.1 Å². The Balaban J connectivity index is 2.10. The van der Waals surface area contributed by atoms with Crippen molar-refractivity contribution in [2.45, 2.75) is 10.9 Å². The van der Waals surface area contributed by atoms with Crippen molar-refractivity contribution in [1.82, 2.24) is 10.6 Å². The molecule has 10 nitrogen and oxygen atoms in total. The second kappa shape index (κ2) is 9.59. The minimum Gasteiger partial charge on any atom is -0.504 e. The number of halogens is 1. The molecule has 2 amide bonds. The molecule has 0 saturated carbocycles. The van der Waals surface area contributed by atoms with Crippen LogP contribution in [0.4, 0.5) is 4.79 Å². The zero-order chi connectivity index (χ0) is 24.3. The van der Waals surface area contributed by atoms with Crippen molar-refractivity contribution in [3.63, 3.8) is 0 Å². The van der Waals surface area contributed by atoms with E-state index in [0.29, 0.717) is 11.3 Å². The lowest BCUT2D eigenvalue weighted by Gasteiger charge is -2.29. The van der Waals surface area contributed by atoms with Gasteiger partial charge in [0.1, 0.15) is 5.75 Å². The Kier molecular flexibility index (Phi) is 7.04. The number of carbonyl (C=O) groups excluding carboxylic acids is 2. The van der Waals surface area contributed by atoms with Gasteiger partial charge >= 0.3 is 12.0 Å². The summed E-state index contributed by atoms with van der Waals surface area (Å²) in [5.41, 5.74) is 0.0879. The van der Waals surface area contributed by atoms with Crippen molar-refractivity contribution in [3.05, 3.63) is 58.3 Å². The average molecular weight is 497 g/mol. The van der Waals surface area contributed by atoms with E-state index in [1.165, 1.54) is 50.6 Å². The molecule has 2 aromatic carbocycles. The number of hydrogen-bond acceptors (Lipinski definition) is 8. The SMILES string of the molecule is COC(=O)C1=C(CS(=O)(=O)c2ccc(OC)c(Cl)c2)NC(=O)NC1c1ccc(O)c(OC)c1. The van der Waals surface area contributed by atoms with Crippen LogP contribution in [0.5, 0.6) is 17.2 Å². The normalized spacial score (nSPS) is 16.0. The van der Waals surface area contributed by atoms with E-state index in [-0.39, 0.29) is 32.7 Å². The van der Waals surface area contributed by atoms with Crippen LogP contribution in [0, 0.1) is 0 Å². The molecule has 1 heterocycles. The number of urea groups is 1. The predicted molar refractivity (Wildman–Crippen MR) is 118 cm³/mol. The predicted octanol–water partition coefficient (Wildman–Crippen LogP) is 2.32. The molecule has 176 valence electrons. The molecule has 0 spiro atoms. The Hall–Kier alpha value is -3.44. The van der Waals surface area contributed by atoms with Crippen LogP contribution in [0.2, 0.25) is 5.02 Å². The van der Waals surface area contributed by atoms with E-state index in [1.54, 1.807) is 0 Å². The number of amides is 2. The van der Waals surface area contributed by atoms with Crippen LogP contribution in [-0.4, -0.2) is 52.6 Å². The molecule has 1 atom stereocenters. The maximum atomic E-state index is 13.1. The first-order valence-electron chi connectivity index (χ1n) is 9.43. The highest BCUT2D eigenvalue weighted by Crippen LogP contribution is 2.35. The highest BCUT2D eigenvalue weighted by molar-refractivity contribution is 7.91. The van der Waals surface area contributed by atoms with Crippen molar-refractivity contribution in [3.8, 4) is 17.2 Å². The molecule has 0 saturated heterocycles. The number of aromatic hydroxyl groups is 1. The van der Waals surface area contributed by atoms with Gasteiger partial charge in [0.15, 0.2) is 21.3 Å². The zero-order valence-corrected chi connectivity index (χ0v) is 19.4. The molecule has 0 aliphatic carbocycles. The third-order valence-electron chi connectivity index (χ3n) is 4.91. The van der Waals surface area contributed by atoms with Crippen molar-refractivity contribution in [1.29, 1.82) is 0 Å². The number of benzene rings is 2. The molecular weight excluding hydrogens is 476 g/mol. The highest BCUT2D eigenvalue weighted by atomic mass is 35.5. The first-order chi connectivity index (χ1) is 15.6. The van der Waals surface area contributed by atoms with E-state index < -0.39 is 33.6 Å². The van der Waals surface area contributed by atoms with Crippen LogP contribution >= 0.6 is 11.6 Å². The topological polar surface area (TPSA) is 140 Å². The van der Waals surface area contributed by atoms with Gasteiger partial charge in [-0.15, -0.1) is 0 Å². The number of rotatable bonds is 7. The monoisotopic (exact) mass is 496 g/mol. The lowest BCUT2D eigenvalue weighted by molar-refractivity contribution is -0.136. The molecular formula is C21H21ClN2O8S. The van der Waals surface area contributed by atoms with E-state index in [1.807, 2.05) is 0 Å². The number of nitrogens with one attached hydrogen (secondary N) is 2. The Morgan fingerprint density at radius 3 is 2.39 bits per heavy atom. The quantitative estimate of drug-likeness (QED) is 0.496. The maximum Gasteiger partial charge on any atom is 0.338 e. The largest absolute Gasteiger partial charge is 0.504 e. The minimum absolute atomic E-state index is 0.0872. The third kappa shape index (κ3) is 4.99. The second-order valence-corrected chi connectivity index (χ2v) is 9.30. The Labute approximate surface area is 195 Å². The fourth-order valence-corrected chi connectivity index (χ4v) is 4.99. The smallest absolute Gasteiger partial charge is 0.338 e. The van der Waals surface area contributed by atoms with Crippen LogP contribution in [0.1, 0.15) is 11.6 Å². The van der Waals surface area contributed by atoms with Crippen LogP contribution in [0.25, 0.3) is 0 Å². The Morgan fingerprint density at radius 1 is 1.09 bits per heavy atom. The summed E-state index contributed by atoms with van der Waals surface area (Å²) < 4.78 is 41.2. The third-order valence-corrected chi connectivity index (χ3v) is 6.85. The van der Waals surface area contributed by atoms with Gasteiger partial charge in [0, 0.05) is 5.70 Å². The van der Waals surface area contributed by atoms with Gasteiger partial charge in [-0.25, -0.2) is 18.0 Å². The number of carbonyl (C=O) groups is 2. The molecule has 3 N–H and O–H groups in total. The van der Waals surface area contributed by atoms with Gasteiger partial charge in [0.2, 0.25) is 0 Å². The minimum atomic E-state index is -4.04. The van der Waals surface area contributed by atoms with Gasteiger partial charge in [-0.2, -0.15) is 0 Å². The molecule has 1 aliphatic heterocycles. The summed E-state index contributed by atoms with van der Waals surface area (Å²) >= 11 is 6.06. The number of hydrogen-bond donors (Lipinski definition) is 3. The molecule has 3 rings (SSSR count).